The molecule has 0 saturated carbocycles. The van der Waals surface area contributed by atoms with Crippen molar-refractivity contribution < 1.29 is 0 Å². The maximum atomic E-state index is 2.34. The fraction of sp³-hybridized carbons (Fsp3) is 0.500. The monoisotopic (exact) mass is 326 g/mol. The average molecular weight is 327 g/mol. The van der Waals surface area contributed by atoms with Crippen molar-refractivity contribution in [3.05, 3.63) is 72.9 Å². The largest absolute Gasteiger partial charge is 0.0917 e. The minimum Gasteiger partial charge on any atom is -0.0917 e. The first kappa shape index (κ1) is 22.4. The summed E-state index contributed by atoms with van der Waals surface area (Å²) >= 11 is 0. The number of hydrogen-bond donors (Lipinski definition) is 0. The zero-order valence-electron chi connectivity index (χ0n) is 16.0. The van der Waals surface area contributed by atoms with E-state index in [4.69, 9.17) is 0 Å². The van der Waals surface area contributed by atoms with Crippen LogP contribution in [0.15, 0.2) is 72.9 Å². The molecule has 0 atom stereocenters. The Labute approximate surface area is 151 Å². The molecule has 0 heterocycles. The van der Waals surface area contributed by atoms with Crippen LogP contribution in [0.2, 0.25) is 0 Å². The number of unbranched alkanes of at least 4 members (excludes halogenated alkanes) is 7. The van der Waals surface area contributed by atoms with Gasteiger partial charge < -0.3 is 0 Å². The molecule has 0 aromatic heterocycles. The van der Waals surface area contributed by atoms with Crippen LogP contribution in [0, 0.1) is 0 Å². The second kappa shape index (κ2) is 21.4. The van der Waals surface area contributed by atoms with Gasteiger partial charge in [-0.05, 0) is 51.9 Å². The first-order chi connectivity index (χ1) is 11.9. The standard InChI is InChI=1S/C24H38/c1-3-5-7-9-11-13-15-17-19-21-23-24-22-20-18-16-14-12-10-8-6-4-2/h3,5,10-14,16,18,20,22,24H,4,6-9,15,17,19,21,23H2,1-2H3/b5-3+,12-10+,13-11+,16-14+,20-18+,24-22+. The summed E-state index contributed by atoms with van der Waals surface area (Å²) in [6.07, 6.45) is 38.7. The van der Waals surface area contributed by atoms with Crippen LogP contribution < -0.4 is 0 Å². The highest BCUT2D eigenvalue weighted by Crippen LogP contribution is 2.05. The number of hydrogen-bond acceptors (Lipinski definition) is 0. The maximum absolute atomic E-state index is 2.34. The third-order valence-corrected chi connectivity index (χ3v) is 3.70. The minimum absolute atomic E-state index is 1.18. The SMILES string of the molecule is C/C=C/CC/C=C/CCCCC/C=C/C=C/C=C/C=C/CCCC. The van der Waals surface area contributed by atoms with E-state index in [9.17, 15) is 0 Å². The van der Waals surface area contributed by atoms with E-state index in [2.05, 4.69) is 86.8 Å². The van der Waals surface area contributed by atoms with Crippen LogP contribution in [-0.4, -0.2) is 0 Å². The van der Waals surface area contributed by atoms with E-state index in [1.807, 2.05) is 0 Å². The molecule has 0 bridgehead atoms. The van der Waals surface area contributed by atoms with E-state index in [1.165, 1.54) is 64.2 Å². The van der Waals surface area contributed by atoms with Crippen LogP contribution in [-0.2, 0) is 0 Å². The molecule has 0 nitrogen and oxygen atoms in total. The third-order valence-electron chi connectivity index (χ3n) is 3.70. The van der Waals surface area contributed by atoms with Gasteiger partial charge in [0.1, 0.15) is 0 Å². The van der Waals surface area contributed by atoms with E-state index in [1.54, 1.807) is 0 Å². The van der Waals surface area contributed by atoms with E-state index in [-0.39, 0.29) is 0 Å². The topological polar surface area (TPSA) is 0 Å². The fourth-order valence-electron chi connectivity index (χ4n) is 2.22. The highest BCUT2D eigenvalue weighted by Gasteiger charge is 1.85. The lowest BCUT2D eigenvalue weighted by Crippen LogP contribution is -1.75. The highest BCUT2D eigenvalue weighted by molar-refractivity contribution is 5.15. The van der Waals surface area contributed by atoms with Crippen LogP contribution in [0.5, 0.6) is 0 Å². The first-order valence-electron chi connectivity index (χ1n) is 9.83. The summed E-state index contributed by atoms with van der Waals surface area (Å²) in [5.74, 6) is 0. The fourth-order valence-corrected chi connectivity index (χ4v) is 2.22. The second-order valence-electron chi connectivity index (χ2n) is 6.02. The molecule has 0 aliphatic heterocycles. The Morgan fingerprint density at radius 2 is 0.958 bits per heavy atom. The Bertz CT molecular complexity index is 402. The predicted octanol–water partition coefficient (Wildman–Crippen LogP) is 8.26. The van der Waals surface area contributed by atoms with Gasteiger partial charge in [0.15, 0.2) is 0 Å². The van der Waals surface area contributed by atoms with E-state index < -0.39 is 0 Å². The normalized spacial score (nSPS) is 13.2. The lowest BCUT2D eigenvalue weighted by Gasteiger charge is -1.95. The molecule has 134 valence electrons. The molecule has 0 aliphatic rings. The van der Waals surface area contributed by atoms with Gasteiger partial charge in [-0.15, -0.1) is 0 Å². The van der Waals surface area contributed by atoms with E-state index in [0.29, 0.717) is 0 Å². The maximum Gasteiger partial charge on any atom is -0.0316 e. The van der Waals surface area contributed by atoms with Gasteiger partial charge in [-0.3, -0.25) is 0 Å². The molecule has 0 rings (SSSR count). The number of allylic oxidation sites excluding steroid dienone is 12. The molecule has 0 N–H and O–H groups in total. The summed E-state index contributed by atoms with van der Waals surface area (Å²) < 4.78 is 0. The molecular weight excluding hydrogens is 288 g/mol. The lowest BCUT2D eigenvalue weighted by atomic mass is 10.1. The molecule has 0 spiro atoms. The van der Waals surface area contributed by atoms with Gasteiger partial charge in [0.05, 0.1) is 0 Å². The summed E-state index contributed by atoms with van der Waals surface area (Å²) in [5.41, 5.74) is 0. The summed E-state index contributed by atoms with van der Waals surface area (Å²) in [6, 6.07) is 0. The van der Waals surface area contributed by atoms with Crippen molar-refractivity contribution in [1.82, 2.24) is 0 Å². The quantitative estimate of drug-likeness (QED) is 0.161. The van der Waals surface area contributed by atoms with Crippen molar-refractivity contribution >= 4 is 0 Å². The molecule has 0 aromatic carbocycles. The summed E-state index contributed by atoms with van der Waals surface area (Å²) in [7, 11) is 0. The van der Waals surface area contributed by atoms with Gasteiger partial charge in [0.25, 0.3) is 0 Å². The minimum atomic E-state index is 1.18. The van der Waals surface area contributed by atoms with E-state index in [0.717, 1.165) is 0 Å². The summed E-state index contributed by atoms with van der Waals surface area (Å²) in [6.45, 7) is 4.31. The molecule has 0 radical (unpaired) electrons. The Morgan fingerprint density at radius 3 is 1.58 bits per heavy atom. The Hall–Kier alpha value is -1.56. The van der Waals surface area contributed by atoms with E-state index >= 15 is 0 Å². The second-order valence-corrected chi connectivity index (χ2v) is 6.02. The Morgan fingerprint density at radius 1 is 0.458 bits per heavy atom. The summed E-state index contributed by atoms with van der Waals surface area (Å²) in [5, 5.41) is 0. The van der Waals surface area contributed by atoms with Gasteiger partial charge in [-0.2, -0.15) is 0 Å². The van der Waals surface area contributed by atoms with Crippen molar-refractivity contribution in [2.24, 2.45) is 0 Å². The van der Waals surface area contributed by atoms with Gasteiger partial charge in [-0.1, -0.05) is 99.1 Å². The van der Waals surface area contributed by atoms with Crippen LogP contribution >= 0.6 is 0 Å². The molecular formula is C24H38. The zero-order chi connectivity index (χ0) is 17.6. The Kier molecular flexibility index (Phi) is 20.0. The first-order valence-corrected chi connectivity index (χ1v) is 9.83. The van der Waals surface area contributed by atoms with Crippen molar-refractivity contribution in [3.8, 4) is 0 Å². The van der Waals surface area contributed by atoms with Crippen molar-refractivity contribution in [3.63, 3.8) is 0 Å². The van der Waals surface area contributed by atoms with Crippen molar-refractivity contribution in [1.29, 1.82) is 0 Å². The third kappa shape index (κ3) is 20.4. The number of rotatable bonds is 15. The zero-order valence-corrected chi connectivity index (χ0v) is 16.0. The average Bonchev–Trinajstić information content (AvgIpc) is 2.60. The van der Waals surface area contributed by atoms with Crippen molar-refractivity contribution in [2.75, 3.05) is 0 Å². The van der Waals surface area contributed by atoms with Crippen LogP contribution in [0.4, 0.5) is 0 Å². The van der Waals surface area contributed by atoms with Gasteiger partial charge >= 0.3 is 0 Å². The van der Waals surface area contributed by atoms with Crippen molar-refractivity contribution in [2.45, 2.75) is 78.1 Å². The van der Waals surface area contributed by atoms with Gasteiger partial charge in [-0.25, -0.2) is 0 Å². The smallest absolute Gasteiger partial charge is 0.0316 e. The Balaban J connectivity index is 3.41. The molecule has 0 aromatic rings. The molecule has 24 heavy (non-hydrogen) atoms. The highest BCUT2D eigenvalue weighted by atomic mass is 13.9. The molecule has 0 saturated heterocycles. The molecule has 0 unspecified atom stereocenters. The molecule has 0 aliphatic carbocycles. The molecule has 0 heteroatoms. The van der Waals surface area contributed by atoms with Gasteiger partial charge in [0, 0.05) is 0 Å². The molecule has 0 amide bonds. The van der Waals surface area contributed by atoms with Gasteiger partial charge in [0.2, 0.25) is 0 Å². The predicted molar refractivity (Wildman–Crippen MR) is 112 cm³/mol. The molecule has 0 fully saturated rings. The van der Waals surface area contributed by atoms with Crippen LogP contribution in [0.1, 0.15) is 78.1 Å². The summed E-state index contributed by atoms with van der Waals surface area (Å²) in [4.78, 5) is 0. The van der Waals surface area contributed by atoms with Crippen LogP contribution in [0.25, 0.3) is 0 Å². The lowest BCUT2D eigenvalue weighted by molar-refractivity contribution is 0.695. The van der Waals surface area contributed by atoms with Crippen LogP contribution in [0.3, 0.4) is 0 Å².